The van der Waals surface area contributed by atoms with E-state index in [-0.39, 0.29) is 41.3 Å². The Hall–Kier alpha value is -7.64. The van der Waals surface area contributed by atoms with Gasteiger partial charge >= 0.3 is 0 Å². The van der Waals surface area contributed by atoms with Gasteiger partial charge in [0.25, 0.3) is 5.91 Å². The predicted octanol–water partition coefficient (Wildman–Crippen LogP) is 5.30. The molecule has 3 aliphatic rings. The highest BCUT2D eigenvalue weighted by atomic mass is 19.1. The van der Waals surface area contributed by atoms with Gasteiger partial charge in [0, 0.05) is 88.7 Å². The highest BCUT2D eigenvalue weighted by Gasteiger charge is 2.34. The Labute approximate surface area is 403 Å². The first-order valence-electron chi connectivity index (χ1n) is 23.1. The third kappa shape index (κ3) is 10.6. The molecule has 364 valence electrons. The smallest absolute Gasteiger partial charge is 0.255 e. The summed E-state index contributed by atoms with van der Waals surface area (Å²) in [6.07, 6.45) is 4.92. The van der Waals surface area contributed by atoms with Crippen LogP contribution in [-0.4, -0.2) is 133 Å². The lowest BCUT2D eigenvalue weighted by Gasteiger charge is -2.40. The van der Waals surface area contributed by atoms with Gasteiger partial charge in [-0.15, -0.1) is 0 Å². The van der Waals surface area contributed by atoms with Crippen LogP contribution >= 0.6 is 0 Å². The lowest BCUT2D eigenvalue weighted by atomic mass is 9.95. The molecule has 6 aromatic rings. The molecule has 1 atom stereocenters. The maximum Gasteiger partial charge on any atom is 0.255 e. The first-order chi connectivity index (χ1) is 33.9. The minimum Gasteiger partial charge on any atom is -0.496 e. The molecule has 17 nitrogen and oxygen atoms in total. The molecule has 3 amide bonds. The molecule has 0 spiro atoms. The number of carbonyl (C=O) groups is 5. The van der Waals surface area contributed by atoms with Crippen molar-refractivity contribution in [2.75, 3.05) is 82.6 Å². The number of aldehydes is 2. The number of methoxy groups -OCH3 is 1. The van der Waals surface area contributed by atoms with Crippen LogP contribution in [0.25, 0.3) is 28.0 Å². The van der Waals surface area contributed by atoms with E-state index >= 15 is 4.39 Å². The number of nitrogens with two attached hydrogens (primary N) is 1. The fourth-order valence-electron chi connectivity index (χ4n) is 9.36. The van der Waals surface area contributed by atoms with Crippen molar-refractivity contribution in [3.05, 3.63) is 119 Å². The number of nitrogens with one attached hydrogen (secondary N) is 2. The van der Waals surface area contributed by atoms with Gasteiger partial charge in [0.1, 0.15) is 41.3 Å². The number of rotatable bonds is 13. The van der Waals surface area contributed by atoms with Crippen LogP contribution in [0.2, 0.25) is 0 Å². The van der Waals surface area contributed by atoms with Crippen molar-refractivity contribution in [3.63, 3.8) is 0 Å². The standard InChI is InChI=1S/C43H48FN11O4.C8H7FO2/c1-46-23-27-3-5-29(6-4-27)39-38-40(45)47-26-48-41(38)55(50-39)32-8-10-35(34(44)22-32)54-15-13-28(14-16-54)24-52-17-19-53(20-18-52)31-7-9-33(30(21-31)25-56)43(59)51(2)36-11-12-37(57)49-42(36)58;1-11-8-3-2-7(9)4-6(8)5-10/h3-10,21-22,25-26,28,36,46H,11-20,23-24H2,1-2H3,(H2,45,47,48)(H,49,57,58);2-5H,1H3. The van der Waals surface area contributed by atoms with Crippen LogP contribution in [0.4, 0.5) is 26.0 Å². The fraction of sp³-hybridized carbons (Fsp3) is 0.333. The molecule has 4 N–H and O–H groups in total. The van der Waals surface area contributed by atoms with Crippen molar-refractivity contribution in [1.82, 2.24) is 40.2 Å². The molecule has 19 heteroatoms. The van der Waals surface area contributed by atoms with Crippen LogP contribution in [0.1, 0.15) is 62.3 Å². The zero-order chi connectivity index (χ0) is 49.5. The van der Waals surface area contributed by atoms with Gasteiger partial charge in [-0.1, -0.05) is 24.3 Å². The zero-order valence-electron chi connectivity index (χ0n) is 39.2. The summed E-state index contributed by atoms with van der Waals surface area (Å²) in [5.41, 5.74) is 12.2. The molecule has 3 fully saturated rings. The number of likely N-dealkylation sites (N-methyl/N-ethyl adjacent to an activating group) is 1. The number of carbonyl (C=O) groups excluding carboxylic acids is 5. The van der Waals surface area contributed by atoms with Gasteiger partial charge in [0.05, 0.1) is 35.0 Å². The summed E-state index contributed by atoms with van der Waals surface area (Å²) in [6, 6.07) is 21.5. The molecule has 4 aromatic carbocycles. The van der Waals surface area contributed by atoms with E-state index < -0.39 is 23.7 Å². The molecule has 70 heavy (non-hydrogen) atoms. The van der Waals surface area contributed by atoms with Crippen LogP contribution in [0.5, 0.6) is 5.75 Å². The van der Waals surface area contributed by atoms with E-state index in [9.17, 15) is 28.4 Å². The van der Waals surface area contributed by atoms with Crippen molar-refractivity contribution < 1.29 is 37.5 Å². The Morgan fingerprint density at radius 3 is 2.27 bits per heavy atom. The maximum absolute atomic E-state index is 15.9. The van der Waals surface area contributed by atoms with Crippen LogP contribution in [0, 0.1) is 17.6 Å². The monoisotopic (exact) mass is 955 g/mol. The van der Waals surface area contributed by atoms with E-state index in [1.807, 2.05) is 49.5 Å². The van der Waals surface area contributed by atoms with Gasteiger partial charge in [0.15, 0.2) is 18.2 Å². The summed E-state index contributed by atoms with van der Waals surface area (Å²) >= 11 is 0. The maximum atomic E-state index is 15.9. The number of hydrogen-bond donors (Lipinski definition) is 3. The van der Waals surface area contributed by atoms with Gasteiger partial charge in [0.2, 0.25) is 11.8 Å². The van der Waals surface area contributed by atoms with Crippen molar-refractivity contribution >= 4 is 58.5 Å². The van der Waals surface area contributed by atoms with E-state index in [1.54, 1.807) is 16.8 Å². The third-order valence-corrected chi connectivity index (χ3v) is 13.2. The summed E-state index contributed by atoms with van der Waals surface area (Å²) in [4.78, 5) is 76.4. The molecule has 0 aliphatic carbocycles. The number of piperidine rings is 2. The second-order valence-corrected chi connectivity index (χ2v) is 17.6. The number of nitrogens with zero attached hydrogens (tertiary/aromatic N) is 8. The molecule has 5 heterocycles. The first-order valence-corrected chi connectivity index (χ1v) is 23.1. The molecular formula is C51H55F2N11O6. The van der Waals surface area contributed by atoms with E-state index in [0.717, 1.165) is 88.1 Å². The number of piperazine rings is 1. The lowest BCUT2D eigenvalue weighted by Crippen LogP contribution is -2.53. The molecule has 9 rings (SSSR count). The Kier molecular flexibility index (Phi) is 15.2. The van der Waals surface area contributed by atoms with Crippen LogP contribution in [-0.2, 0) is 16.1 Å². The quantitative estimate of drug-likeness (QED) is 0.0995. The van der Waals surface area contributed by atoms with Crippen LogP contribution in [0.3, 0.4) is 0 Å². The van der Waals surface area contributed by atoms with Gasteiger partial charge in [-0.25, -0.2) is 23.4 Å². The van der Waals surface area contributed by atoms with Gasteiger partial charge in [-0.3, -0.25) is 34.2 Å². The molecule has 2 aromatic heterocycles. The van der Waals surface area contributed by atoms with Gasteiger partial charge in [-0.2, -0.15) is 5.10 Å². The number of hydrogen-bond acceptors (Lipinski definition) is 14. The van der Waals surface area contributed by atoms with Gasteiger partial charge < -0.3 is 30.5 Å². The number of ether oxygens (including phenoxy) is 1. The average molecular weight is 956 g/mol. The highest BCUT2D eigenvalue weighted by molar-refractivity contribution is 6.06. The van der Waals surface area contributed by atoms with E-state index in [2.05, 4.69) is 35.3 Å². The third-order valence-electron chi connectivity index (χ3n) is 13.2. The summed E-state index contributed by atoms with van der Waals surface area (Å²) in [5.74, 6) is -0.877. The van der Waals surface area contributed by atoms with E-state index in [0.29, 0.717) is 58.2 Å². The molecule has 0 bridgehead atoms. The normalized spacial score (nSPS) is 16.6. The molecule has 0 saturated carbocycles. The van der Waals surface area contributed by atoms with Gasteiger partial charge in [-0.05, 0) is 86.3 Å². The second-order valence-electron chi connectivity index (χ2n) is 17.6. The van der Waals surface area contributed by atoms with Crippen LogP contribution < -0.4 is 30.9 Å². The van der Waals surface area contributed by atoms with Crippen molar-refractivity contribution in [2.24, 2.45) is 5.92 Å². The number of amides is 3. The molecule has 3 saturated heterocycles. The number of fused-ring (bicyclic) bond motifs is 1. The number of benzene rings is 4. The Bertz CT molecular complexity index is 2900. The topological polar surface area (TPSA) is 201 Å². The Morgan fingerprint density at radius 1 is 0.871 bits per heavy atom. The Morgan fingerprint density at radius 2 is 1.60 bits per heavy atom. The number of halogens is 2. The van der Waals surface area contributed by atoms with Crippen molar-refractivity contribution in [1.29, 1.82) is 0 Å². The number of aromatic nitrogens is 4. The predicted molar refractivity (Wildman–Crippen MR) is 261 cm³/mol. The SMILES string of the molecule is CNCc1ccc(-c2nn(-c3ccc(N4CCC(CN5CCN(c6ccc(C(=O)N(C)C7CCC(=O)NC7=O)c(C=O)c6)CC5)CC4)c(F)c3)c3ncnc(N)c23)cc1.COc1ccc(F)cc1C=O. The highest BCUT2D eigenvalue weighted by Crippen LogP contribution is 2.34. The summed E-state index contributed by atoms with van der Waals surface area (Å²) in [5, 5.41) is 10.9. The molecular weight excluding hydrogens is 901 g/mol. The average Bonchev–Trinajstić information content (AvgIpc) is 3.78. The van der Waals surface area contributed by atoms with E-state index in [4.69, 9.17) is 15.6 Å². The summed E-state index contributed by atoms with van der Waals surface area (Å²) in [6.45, 7) is 6.46. The molecule has 3 aliphatic heterocycles. The largest absolute Gasteiger partial charge is 0.496 e. The second kappa shape index (κ2) is 21.8. The summed E-state index contributed by atoms with van der Waals surface area (Å²) in [7, 11) is 4.85. The molecule has 1 unspecified atom stereocenters. The minimum absolute atomic E-state index is 0.156. The van der Waals surface area contributed by atoms with E-state index in [1.165, 1.54) is 43.6 Å². The fourth-order valence-corrected chi connectivity index (χ4v) is 9.36. The molecule has 0 radical (unpaired) electrons. The lowest BCUT2D eigenvalue weighted by molar-refractivity contribution is -0.136. The first kappa shape index (κ1) is 48.8. The van der Waals surface area contributed by atoms with Crippen molar-refractivity contribution in [2.45, 2.75) is 38.3 Å². The Balaban J connectivity index is 0.000000529. The minimum atomic E-state index is -0.771. The van der Waals surface area contributed by atoms with Crippen molar-refractivity contribution in [3.8, 4) is 22.7 Å². The zero-order valence-corrected chi connectivity index (χ0v) is 39.2. The summed E-state index contributed by atoms with van der Waals surface area (Å²) < 4.78 is 34.8. The number of anilines is 3. The van der Waals surface area contributed by atoms with Crippen LogP contribution in [0.15, 0.2) is 85.2 Å². The number of nitrogen functional groups attached to an aromatic ring is 1. The number of imide groups is 1.